The molecule has 1 atom stereocenters. The molecule has 1 saturated heterocycles. The van der Waals surface area contributed by atoms with Crippen LogP contribution in [0.25, 0.3) is 0 Å². The largest absolute Gasteiger partial charge is 0.449 e. The molecule has 0 amide bonds. The van der Waals surface area contributed by atoms with Gasteiger partial charge >= 0.3 is 0 Å². The monoisotopic (exact) mass is 238 g/mol. The highest BCUT2D eigenvalue weighted by molar-refractivity contribution is 4.99. The first-order valence-corrected chi connectivity index (χ1v) is 6.43. The summed E-state index contributed by atoms with van der Waals surface area (Å²) in [5.74, 6) is 1.53. The lowest BCUT2D eigenvalue weighted by molar-refractivity contribution is 0.194. The van der Waals surface area contributed by atoms with Gasteiger partial charge in [-0.15, -0.1) is 0 Å². The van der Waals surface area contributed by atoms with E-state index in [1.54, 1.807) is 13.2 Å². The van der Waals surface area contributed by atoms with E-state index in [4.69, 9.17) is 4.42 Å². The second kappa shape index (κ2) is 5.65. The fourth-order valence-electron chi connectivity index (χ4n) is 2.35. The molecule has 1 fully saturated rings. The van der Waals surface area contributed by atoms with Gasteiger partial charge in [-0.2, -0.15) is 0 Å². The molecule has 0 aromatic carbocycles. The molecule has 2 heterocycles. The number of likely N-dealkylation sites (tertiary alicyclic amines) is 1. The van der Waals surface area contributed by atoms with Gasteiger partial charge in [-0.3, -0.25) is 0 Å². The van der Waals surface area contributed by atoms with Gasteiger partial charge in [0.25, 0.3) is 0 Å². The second-order valence-electron chi connectivity index (χ2n) is 5.24. The Kier molecular flexibility index (Phi) is 4.18. The van der Waals surface area contributed by atoms with E-state index in [1.807, 2.05) is 0 Å². The molecule has 1 N–H and O–H groups in total. The predicted molar refractivity (Wildman–Crippen MR) is 65.8 cm³/mol. The molecule has 17 heavy (non-hydrogen) atoms. The smallest absolute Gasteiger partial charge is 0.194 e. The highest BCUT2D eigenvalue weighted by atomic mass is 16.3. The summed E-state index contributed by atoms with van der Waals surface area (Å²) in [5.41, 5.74) is 0.864. The van der Waals surface area contributed by atoms with Gasteiger partial charge in [0, 0.05) is 12.8 Å². The Morgan fingerprint density at radius 1 is 1.53 bits per heavy atom. The zero-order chi connectivity index (χ0) is 12.3. The number of aliphatic hydroxyl groups is 1. The highest BCUT2D eigenvalue weighted by Crippen LogP contribution is 2.20. The van der Waals surface area contributed by atoms with E-state index < -0.39 is 0 Å². The van der Waals surface area contributed by atoms with Gasteiger partial charge in [0.2, 0.25) is 0 Å². The van der Waals surface area contributed by atoms with E-state index in [9.17, 15) is 5.11 Å². The predicted octanol–water partition coefficient (Wildman–Crippen LogP) is 1.48. The highest BCUT2D eigenvalue weighted by Gasteiger charge is 2.19. The minimum Gasteiger partial charge on any atom is -0.449 e. The summed E-state index contributed by atoms with van der Waals surface area (Å²) < 4.78 is 5.46. The van der Waals surface area contributed by atoms with Gasteiger partial charge in [-0.05, 0) is 45.8 Å². The number of oxazole rings is 1. The summed E-state index contributed by atoms with van der Waals surface area (Å²) in [4.78, 5) is 6.79. The van der Waals surface area contributed by atoms with Crippen LogP contribution in [0.1, 0.15) is 31.4 Å². The van der Waals surface area contributed by atoms with Crippen LogP contribution in [-0.2, 0) is 12.8 Å². The van der Waals surface area contributed by atoms with Gasteiger partial charge in [0.05, 0.1) is 11.8 Å². The Hall–Kier alpha value is -0.870. The van der Waals surface area contributed by atoms with E-state index >= 15 is 0 Å². The van der Waals surface area contributed by atoms with Crippen molar-refractivity contribution in [3.05, 3.63) is 17.8 Å². The molecule has 1 unspecified atom stereocenters. The molecule has 0 radical (unpaired) electrons. The molecular weight excluding hydrogens is 216 g/mol. The number of aliphatic hydroxyl groups excluding tert-OH is 1. The number of piperidine rings is 1. The number of rotatable bonds is 4. The minimum atomic E-state index is -0.351. The molecule has 1 aliphatic heterocycles. The maximum atomic E-state index is 9.28. The van der Waals surface area contributed by atoms with Crippen molar-refractivity contribution in [1.29, 1.82) is 0 Å². The van der Waals surface area contributed by atoms with Crippen LogP contribution in [0.15, 0.2) is 10.7 Å². The minimum absolute atomic E-state index is 0.351. The third-order valence-electron chi connectivity index (χ3n) is 3.41. The van der Waals surface area contributed by atoms with Crippen LogP contribution in [0.5, 0.6) is 0 Å². The van der Waals surface area contributed by atoms with E-state index in [-0.39, 0.29) is 6.10 Å². The summed E-state index contributed by atoms with van der Waals surface area (Å²) in [7, 11) is 2.17. The van der Waals surface area contributed by atoms with Gasteiger partial charge in [0.15, 0.2) is 5.89 Å². The lowest BCUT2D eigenvalue weighted by atomic mass is 9.94. The molecule has 0 saturated carbocycles. The van der Waals surface area contributed by atoms with Crippen molar-refractivity contribution < 1.29 is 9.52 Å². The Morgan fingerprint density at radius 3 is 2.88 bits per heavy atom. The molecule has 1 aromatic rings. The second-order valence-corrected chi connectivity index (χ2v) is 5.24. The summed E-state index contributed by atoms with van der Waals surface area (Å²) in [6, 6.07) is 0. The number of hydrogen-bond donors (Lipinski definition) is 1. The lowest BCUT2D eigenvalue weighted by Gasteiger charge is -2.28. The third-order valence-corrected chi connectivity index (χ3v) is 3.41. The first kappa shape index (κ1) is 12.6. The topological polar surface area (TPSA) is 49.5 Å². The fourth-order valence-corrected chi connectivity index (χ4v) is 2.35. The normalized spacial score (nSPS) is 20.6. The molecule has 1 aromatic heterocycles. The zero-order valence-corrected chi connectivity index (χ0v) is 10.7. The first-order chi connectivity index (χ1) is 8.13. The number of aromatic nitrogens is 1. The first-order valence-electron chi connectivity index (χ1n) is 6.43. The van der Waals surface area contributed by atoms with Gasteiger partial charge < -0.3 is 14.4 Å². The van der Waals surface area contributed by atoms with Crippen molar-refractivity contribution in [2.45, 2.75) is 38.7 Å². The molecule has 96 valence electrons. The van der Waals surface area contributed by atoms with Gasteiger partial charge in [-0.25, -0.2) is 4.98 Å². The van der Waals surface area contributed by atoms with Crippen LogP contribution in [0.3, 0.4) is 0 Å². The Bertz CT molecular complexity index is 341. The van der Waals surface area contributed by atoms with Crippen LogP contribution < -0.4 is 0 Å². The summed E-state index contributed by atoms with van der Waals surface area (Å²) in [6.07, 6.45) is 5.30. The van der Waals surface area contributed by atoms with Crippen molar-refractivity contribution in [3.8, 4) is 0 Å². The molecule has 0 spiro atoms. The van der Waals surface area contributed by atoms with Crippen LogP contribution in [0.2, 0.25) is 0 Å². The number of nitrogens with zero attached hydrogens (tertiary/aromatic N) is 2. The Morgan fingerprint density at radius 2 is 2.24 bits per heavy atom. The van der Waals surface area contributed by atoms with Crippen LogP contribution in [-0.4, -0.2) is 41.2 Å². The van der Waals surface area contributed by atoms with Crippen molar-refractivity contribution in [2.24, 2.45) is 5.92 Å². The standard InChI is InChI=1S/C13H22N2O2/c1-10(16)7-12-9-17-13(14-12)8-11-3-5-15(2)6-4-11/h9-11,16H,3-8H2,1-2H3. The average molecular weight is 238 g/mol. The molecule has 4 nitrogen and oxygen atoms in total. The molecule has 2 rings (SSSR count). The Labute approximate surface area is 103 Å². The third kappa shape index (κ3) is 3.82. The van der Waals surface area contributed by atoms with Crippen LogP contribution >= 0.6 is 0 Å². The summed E-state index contributed by atoms with van der Waals surface area (Å²) in [6.45, 7) is 4.11. The van der Waals surface area contributed by atoms with Crippen molar-refractivity contribution in [1.82, 2.24) is 9.88 Å². The van der Waals surface area contributed by atoms with Crippen molar-refractivity contribution in [2.75, 3.05) is 20.1 Å². The van der Waals surface area contributed by atoms with E-state index in [0.717, 1.165) is 18.0 Å². The SMILES string of the molecule is CC(O)Cc1coc(CC2CCN(C)CC2)n1. The van der Waals surface area contributed by atoms with E-state index in [0.29, 0.717) is 12.3 Å². The van der Waals surface area contributed by atoms with Crippen molar-refractivity contribution in [3.63, 3.8) is 0 Å². The maximum Gasteiger partial charge on any atom is 0.194 e. The molecule has 4 heteroatoms. The lowest BCUT2D eigenvalue weighted by Crippen LogP contribution is -2.31. The van der Waals surface area contributed by atoms with Gasteiger partial charge in [-0.1, -0.05) is 0 Å². The van der Waals surface area contributed by atoms with Crippen LogP contribution in [0, 0.1) is 5.92 Å². The Balaban J connectivity index is 1.84. The van der Waals surface area contributed by atoms with Crippen molar-refractivity contribution >= 4 is 0 Å². The summed E-state index contributed by atoms with van der Waals surface area (Å²) in [5, 5.41) is 9.28. The zero-order valence-electron chi connectivity index (χ0n) is 10.7. The van der Waals surface area contributed by atoms with Crippen LogP contribution in [0.4, 0.5) is 0 Å². The van der Waals surface area contributed by atoms with E-state index in [2.05, 4.69) is 16.9 Å². The van der Waals surface area contributed by atoms with Gasteiger partial charge in [0.1, 0.15) is 6.26 Å². The quantitative estimate of drug-likeness (QED) is 0.863. The van der Waals surface area contributed by atoms with E-state index in [1.165, 1.54) is 25.9 Å². The summed E-state index contributed by atoms with van der Waals surface area (Å²) >= 11 is 0. The molecule has 0 bridgehead atoms. The average Bonchev–Trinajstić information content (AvgIpc) is 2.68. The fraction of sp³-hybridized carbons (Fsp3) is 0.769. The maximum absolute atomic E-state index is 9.28. The number of hydrogen-bond acceptors (Lipinski definition) is 4. The molecule has 1 aliphatic rings. The molecular formula is C13H22N2O2. The molecule has 0 aliphatic carbocycles.